The summed E-state index contributed by atoms with van der Waals surface area (Å²) < 4.78 is 0. The van der Waals surface area contributed by atoms with Gasteiger partial charge in [0.15, 0.2) is 0 Å². The Morgan fingerprint density at radius 1 is 1.04 bits per heavy atom. The summed E-state index contributed by atoms with van der Waals surface area (Å²) in [7, 11) is 0. The second-order valence-corrected chi connectivity index (χ2v) is 5.42. The summed E-state index contributed by atoms with van der Waals surface area (Å²) in [6.07, 6.45) is 7.19. The molecule has 1 heterocycles. The standard InChI is InChI=1S/C18H24N4O/c1-2-3-11-20-18-21-13-16(14-22-18)17(23)19-12-7-10-15-8-5-4-6-9-15/h4-6,8-9,13-14H,2-3,7,10-12H2,1H3,(H,19,23)(H,20,21,22). The molecule has 122 valence electrons. The number of rotatable bonds is 9. The van der Waals surface area contributed by atoms with Gasteiger partial charge in [0, 0.05) is 25.5 Å². The maximum atomic E-state index is 12.0. The number of benzene rings is 1. The van der Waals surface area contributed by atoms with Crippen LogP contribution in [0.4, 0.5) is 5.95 Å². The summed E-state index contributed by atoms with van der Waals surface area (Å²) in [6, 6.07) is 10.3. The van der Waals surface area contributed by atoms with Crippen LogP contribution in [0.5, 0.6) is 0 Å². The SMILES string of the molecule is CCCCNc1ncc(C(=O)NCCCc2ccccc2)cn1. The van der Waals surface area contributed by atoms with Gasteiger partial charge >= 0.3 is 0 Å². The van der Waals surface area contributed by atoms with Gasteiger partial charge in [0.05, 0.1) is 5.56 Å². The first-order chi connectivity index (χ1) is 11.3. The molecule has 2 rings (SSSR count). The van der Waals surface area contributed by atoms with Crippen LogP contribution in [0.3, 0.4) is 0 Å². The van der Waals surface area contributed by atoms with E-state index in [2.05, 4.69) is 39.7 Å². The van der Waals surface area contributed by atoms with E-state index in [4.69, 9.17) is 0 Å². The quantitative estimate of drug-likeness (QED) is 0.698. The highest BCUT2D eigenvalue weighted by Gasteiger charge is 2.06. The van der Waals surface area contributed by atoms with Crippen LogP contribution in [0.1, 0.15) is 42.1 Å². The van der Waals surface area contributed by atoms with Gasteiger partial charge in [0.2, 0.25) is 5.95 Å². The van der Waals surface area contributed by atoms with E-state index in [1.807, 2.05) is 18.2 Å². The average Bonchev–Trinajstić information content (AvgIpc) is 2.60. The molecule has 0 unspecified atom stereocenters. The van der Waals surface area contributed by atoms with Crippen molar-refractivity contribution >= 4 is 11.9 Å². The van der Waals surface area contributed by atoms with Crippen LogP contribution in [0.25, 0.3) is 0 Å². The van der Waals surface area contributed by atoms with Crippen molar-refractivity contribution in [2.45, 2.75) is 32.6 Å². The minimum Gasteiger partial charge on any atom is -0.354 e. The number of nitrogens with one attached hydrogen (secondary N) is 2. The van der Waals surface area contributed by atoms with Crippen molar-refractivity contribution in [2.75, 3.05) is 18.4 Å². The Balaban J connectivity index is 1.70. The third kappa shape index (κ3) is 6.06. The molecule has 1 aromatic carbocycles. The van der Waals surface area contributed by atoms with Gasteiger partial charge in [-0.25, -0.2) is 9.97 Å². The summed E-state index contributed by atoms with van der Waals surface area (Å²) in [5.74, 6) is 0.442. The van der Waals surface area contributed by atoms with Crippen molar-refractivity contribution in [2.24, 2.45) is 0 Å². The van der Waals surface area contributed by atoms with Crippen LogP contribution in [0.15, 0.2) is 42.7 Å². The van der Waals surface area contributed by atoms with Crippen LogP contribution in [0, 0.1) is 0 Å². The summed E-state index contributed by atoms with van der Waals surface area (Å²) >= 11 is 0. The number of amides is 1. The molecule has 0 saturated heterocycles. The molecule has 0 spiro atoms. The monoisotopic (exact) mass is 312 g/mol. The Morgan fingerprint density at radius 3 is 2.48 bits per heavy atom. The summed E-state index contributed by atoms with van der Waals surface area (Å²) in [6.45, 7) is 3.62. The first-order valence-electron chi connectivity index (χ1n) is 8.17. The number of unbranched alkanes of at least 4 members (excludes halogenated alkanes) is 1. The molecule has 5 heteroatoms. The predicted octanol–water partition coefficient (Wildman–Crippen LogP) is 3.05. The lowest BCUT2D eigenvalue weighted by atomic mass is 10.1. The van der Waals surface area contributed by atoms with Gasteiger partial charge < -0.3 is 10.6 Å². The summed E-state index contributed by atoms with van der Waals surface area (Å²) in [4.78, 5) is 20.3. The van der Waals surface area contributed by atoms with Crippen molar-refractivity contribution in [3.63, 3.8) is 0 Å². The van der Waals surface area contributed by atoms with Gasteiger partial charge in [-0.3, -0.25) is 4.79 Å². The van der Waals surface area contributed by atoms with Gasteiger partial charge in [-0.15, -0.1) is 0 Å². The molecule has 0 radical (unpaired) electrons. The second kappa shape index (κ2) is 9.56. The van der Waals surface area contributed by atoms with E-state index in [9.17, 15) is 4.79 Å². The minimum atomic E-state index is -0.127. The van der Waals surface area contributed by atoms with Crippen LogP contribution >= 0.6 is 0 Å². The van der Waals surface area contributed by atoms with Gasteiger partial charge in [-0.2, -0.15) is 0 Å². The maximum Gasteiger partial charge on any atom is 0.254 e. The van der Waals surface area contributed by atoms with E-state index in [1.165, 1.54) is 5.56 Å². The Kier molecular flexibility index (Phi) is 7.04. The number of nitrogens with zero attached hydrogens (tertiary/aromatic N) is 2. The molecule has 0 atom stereocenters. The first-order valence-corrected chi connectivity index (χ1v) is 8.17. The first kappa shape index (κ1) is 16.9. The van der Waals surface area contributed by atoms with Crippen molar-refractivity contribution in [1.82, 2.24) is 15.3 Å². The molecule has 0 aliphatic heterocycles. The molecule has 1 amide bonds. The van der Waals surface area contributed by atoms with Crippen LogP contribution in [-0.4, -0.2) is 29.0 Å². The summed E-state index contributed by atoms with van der Waals surface area (Å²) in [5, 5.41) is 6.03. The zero-order valence-electron chi connectivity index (χ0n) is 13.6. The predicted molar refractivity (Wildman–Crippen MR) is 92.5 cm³/mol. The summed E-state index contributed by atoms with van der Waals surface area (Å²) in [5.41, 5.74) is 1.78. The van der Waals surface area contributed by atoms with Gasteiger partial charge in [0.25, 0.3) is 5.91 Å². The maximum absolute atomic E-state index is 12.0. The van der Waals surface area contributed by atoms with E-state index in [1.54, 1.807) is 12.4 Å². The lowest BCUT2D eigenvalue weighted by Gasteiger charge is -2.06. The van der Waals surface area contributed by atoms with E-state index in [0.29, 0.717) is 18.1 Å². The molecule has 0 aliphatic rings. The van der Waals surface area contributed by atoms with Crippen molar-refractivity contribution in [3.8, 4) is 0 Å². The fourth-order valence-corrected chi connectivity index (χ4v) is 2.15. The zero-order valence-corrected chi connectivity index (χ0v) is 13.6. The number of aromatic nitrogens is 2. The smallest absolute Gasteiger partial charge is 0.254 e. The van der Waals surface area contributed by atoms with E-state index >= 15 is 0 Å². The van der Waals surface area contributed by atoms with Gasteiger partial charge in [-0.1, -0.05) is 43.7 Å². The number of hydrogen-bond acceptors (Lipinski definition) is 4. The molecule has 0 fully saturated rings. The van der Waals surface area contributed by atoms with Crippen LogP contribution < -0.4 is 10.6 Å². The van der Waals surface area contributed by atoms with Crippen molar-refractivity contribution < 1.29 is 4.79 Å². The van der Waals surface area contributed by atoms with Gasteiger partial charge in [-0.05, 0) is 24.8 Å². The normalized spacial score (nSPS) is 10.3. The van der Waals surface area contributed by atoms with Crippen LogP contribution in [-0.2, 0) is 6.42 Å². The molecule has 0 bridgehead atoms. The lowest BCUT2D eigenvalue weighted by molar-refractivity contribution is 0.0952. The lowest BCUT2D eigenvalue weighted by Crippen LogP contribution is -2.25. The molecule has 0 saturated carbocycles. The molecular formula is C18H24N4O. The molecule has 1 aromatic heterocycles. The number of carbonyl (C=O) groups is 1. The highest BCUT2D eigenvalue weighted by atomic mass is 16.1. The Bertz CT molecular complexity index is 584. The molecular weight excluding hydrogens is 288 g/mol. The fourth-order valence-electron chi connectivity index (χ4n) is 2.15. The van der Waals surface area contributed by atoms with E-state index < -0.39 is 0 Å². The number of aryl methyl sites for hydroxylation is 1. The highest BCUT2D eigenvalue weighted by molar-refractivity contribution is 5.93. The second-order valence-electron chi connectivity index (χ2n) is 5.42. The number of hydrogen-bond donors (Lipinski definition) is 2. The Labute approximate surface area is 137 Å². The Hall–Kier alpha value is -2.43. The number of carbonyl (C=O) groups excluding carboxylic acids is 1. The molecule has 2 N–H and O–H groups in total. The third-order valence-corrected chi connectivity index (χ3v) is 3.50. The average molecular weight is 312 g/mol. The fraction of sp³-hybridized carbons (Fsp3) is 0.389. The number of anilines is 1. The zero-order chi connectivity index (χ0) is 16.3. The van der Waals surface area contributed by atoms with Crippen LogP contribution in [0.2, 0.25) is 0 Å². The van der Waals surface area contributed by atoms with E-state index in [0.717, 1.165) is 32.2 Å². The third-order valence-electron chi connectivity index (χ3n) is 3.50. The molecule has 23 heavy (non-hydrogen) atoms. The Morgan fingerprint density at radius 2 is 1.78 bits per heavy atom. The van der Waals surface area contributed by atoms with E-state index in [-0.39, 0.29) is 5.91 Å². The van der Waals surface area contributed by atoms with Gasteiger partial charge in [0.1, 0.15) is 0 Å². The van der Waals surface area contributed by atoms with Crippen molar-refractivity contribution in [3.05, 3.63) is 53.9 Å². The largest absolute Gasteiger partial charge is 0.354 e. The molecule has 2 aromatic rings. The highest BCUT2D eigenvalue weighted by Crippen LogP contribution is 2.03. The molecule has 5 nitrogen and oxygen atoms in total. The minimum absolute atomic E-state index is 0.127. The topological polar surface area (TPSA) is 66.9 Å². The van der Waals surface area contributed by atoms with Crippen molar-refractivity contribution in [1.29, 1.82) is 0 Å². The molecule has 0 aliphatic carbocycles.